The van der Waals surface area contributed by atoms with Gasteiger partial charge in [-0.15, -0.1) is 24.0 Å². The molecule has 2 N–H and O–H groups in total. The lowest BCUT2D eigenvalue weighted by Crippen LogP contribution is -2.30. The first-order valence-electron chi connectivity index (χ1n) is 9.09. The first kappa shape index (κ1) is 22.5. The number of ether oxygens (including phenoxy) is 2. The molecule has 0 saturated carbocycles. The Kier molecular flexibility index (Phi) is 8.78. The molecule has 0 atom stereocenters. The van der Waals surface area contributed by atoms with Gasteiger partial charge in [0.15, 0.2) is 17.5 Å². The lowest BCUT2D eigenvalue weighted by molar-refractivity contribution is 0.355. The van der Waals surface area contributed by atoms with Crippen LogP contribution >= 0.6 is 24.0 Å². The maximum absolute atomic E-state index is 5.36. The van der Waals surface area contributed by atoms with Gasteiger partial charge in [-0.3, -0.25) is 0 Å². The first-order valence-corrected chi connectivity index (χ1v) is 9.09. The summed E-state index contributed by atoms with van der Waals surface area (Å²) in [4.78, 5) is 4.69. The third-order valence-electron chi connectivity index (χ3n) is 4.09. The Bertz CT molecular complexity index is 929. The predicted octanol–water partition coefficient (Wildman–Crippen LogP) is 4.09. The zero-order chi connectivity index (χ0) is 19.8. The number of nitrogens with one attached hydrogen (secondary N) is 2. The molecule has 7 nitrogen and oxygen atoms in total. The molecule has 0 radical (unpaired) electrons. The Morgan fingerprint density at radius 3 is 2.59 bits per heavy atom. The minimum Gasteiger partial charge on any atom is -0.493 e. The predicted molar refractivity (Wildman–Crippen MR) is 127 cm³/mol. The fraction of sp³-hybridized carbons (Fsp3) is 0.238. The third-order valence-corrected chi connectivity index (χ3v) is 4.09. The van der Waals surface area contributed by atoms with Gasteiger partial charge in [-0.2, -0.15) is 5.10 Å². The highest BCUT2D eigenvalue weighted by molar-refractivity contribution is 14.0. The standard InChI is InChI=1S/C21H25N5O2.HI/c1-4-22-21(25-17-9-10-19(27-2)20(14-17)28-3)23-15-16-7-5-8-18(13-16)26-12-6-11-24-26;/h5-14H,4,15H2,1-3H3,(H2,22,23,25);1H. The van der Waals surface area contributed by atoms with Gasteiger partial charge in [0.2, 0.25) is 0 Å². The van der Waals surface area contributed by atoms with Crippen LogP contribution < -0.4 is 20.1 Å². The fourth-order valence-electron chi connectivity index (χ4n) is 2.75. The Morgan fingerprint density at radius 1 is 1.07 bits per heavy atom. The summed E-state index contributed by atoms with van der Waals surface area (Å²) in [6.07, 6.45) is 3.69. The second-order valence-corrected chi connectivity index (χ2v) is 6.01. The van der Waals surface area contributed by atoms with E-state index in [9.17, 15) is 0 Å². The highest BCUT2D eigenvalue weighted by Gasteiger charge is 2.06. The van der Waals surface area contributed by atoms with Crippen LogP contribution in [0.1, 0.15) is 12.5 Å². The maximum atomic E-state index is 5.36. The van der Waals surface area contributed by atoms with Crippen LogP contribution in [0, 0.1) is 0 Å². The quantitative estimate of drug-likeness (QED) is 0.287. The minimum atomic E-state index is 0. The van der Waals surface area contributed by atoms with Gasteiger partial charge < -0.3 is 20.1 Å². The molecule has 1 aromatic heterocycles. The Morgan fingerprint density at radius 2 is 1.90 bits per heavy atom. The number of aliphatic imine (C=N–C) groups is 1. The van der Waals surface area contributed by atoms with Crippen molar-refractivity contribution in [3.8, 4) is 17.2 Å². The molecule has 2 aromatic carbocycles. The highest BCUT2D eigenvalue weighted by Crippen LogP contribution is 2.29. The summed E-state index contributed by atoms with van der Waals surface area (Å²) < 4.78 is 12.5. The van der Waals surface area contributed by atoms with E-state index in [1.165, 1.54) is 0 Å². The maximum Gasteiger partial charge on any atom is 0.196 e. The van der Waals surface area contributed by atoms with Crippen molar-refractivity contribution in [2.24, 2.45) is 4.99 Å². The number of benzene rings is 2. The molecule has 0 unspecified atom stereocenters. The molecule has 0 aliphatic heterocycles. The minimum absolute atomic E-state index is 0. The number of halogens is 1. The fourth-order valence-corrected chi connectivity index (χ4v) is 2.75. The molecule has 8 heteroatoms. The second kappa shape index (κ2) is 11.3. The Hall–Kier alpha value is -2.75. The summed E-state index contributed by atoms with van der Waals surface area (Å²) in [5, 5.41) is 10.8. The average molecular weight is 507 g/mol. The number of hydrogen-bond acceptors (Lipinski definition) is 4. The zero-order valence-electron chi connectivity index (χ0n) is 16.8. The van der Waals surface area contributed by atoms with Gasteiger partial charge in [0.05, 0.1) is 26.5 Å². The van der Waals surface area contributed by atoms with Crippen molar-refractivity contribution in [3.05, 3.63) is 66.5 Å². The molecule has 0 fully saturated rings. The van der Waals surface area contributed by atoms with Gasteiger partial charge in [-0.25, -0.2) is 9.67 Å². The van der Waals surface area contributed by atoms with Crippen LogP contribution in [0.3, 0.4) is 0 Å². The SMILES string of the molecule is CCNC(=NCc1cccc(-n2cccn2)c1)Nc1ccc(OC)c(OC)c1.I. The van der Waals surface area contributed by atoms with Crippen LogP contribution in [-0.4, -0.2) is 36.5 Å². The smallest absolute Gasteiger partial charge is 0.196 e. The molecule has 0 bridgehead atoms. The number of rotatable bonds is 7. The average Bonchev–Trinajstić information content (AvgIpc) is 3.27. The number of methoxy groups -OCH3 is 2. The summed E-state index contributed by atoms with van der Waals surface area (Å²) in [5.74, 6) is 2.04. The summed E-state index contributed by atoms with van der Waals surface area (Å²) in [7, 11) is 3.24. The topological polar surface area (TPSA) is 72.7 Å². The van der Waals surface area contributed by atoms with Crippen LogP contribution in [0.5, 0.6) is 11.5 Å². The molecule has 3 aromatic rings. The van der Waals surface area contributed by atoms with Crippen molar-refractivity contribution >= 4 is 35.6 Å². The number of hydrogen-bond donors (Lipinski definition) is 2. The molecule has 1 heterocycles. The van der Waals surface area contributed by atoms with Gasteiger partial charge in [0.25, 0.3) is 0 Å². The molecule has 0 aliphatic rings. The van der Waals surface area contributed by atoms with E-state index in [0.717, 1.165) is 23.5 Å². The number of nitrogens with zero attached hydrogens (tertiary/aromatic N) is 3. The molecule has 0 amide bonds. The van der Waals surface area contributed by atoms with E-state index >= 15 is 0 Å². The normalized spacial score (nSPS) is 10.8. The molecule has 3 rings (SSSR count). The summed E-state index contributed by atoms with van der Waals surface area (Å²) >= 11 is 0. The van der Waals surface area contributed by atoms with E-state index < -0.39 is 0 Å². The molecular formula is C21H26IN5O2. The molecular weight excluding hydrogens is 481 g/mol. The largest absolute Gasteiger partial charge is 0.493 e. The third kappa shape index (κ3) is 6.11. The number of guanidine groups is 1. The molecule has 0 aliphatic carbocycles. The van der Waals surface area contributed by atoms with Gasteiger partial charge in [0.1, 0.15) is 0 Å². The van der Waals surface area contributed by atoms with Gasteiger partial charge in [-0.05, 0) is 42.8 Å². The number of anilines is 1. The summed E-state index contributed by atoms with van der Waals surface area (Å²) in [5.41, 5.74) is 2.97. The van der Waals surface area contributed by atoms with Crippen molar-refractivity contribution in [2.45, 2.75) is 13.5 Å². The van der Waals surface area contributed by atoms with E-state index in [2.05, 4.69) is 27.9 Å². The van der Waals surface area contributed by atoms with E-state index in [1.54, 1.807) is 20.4 Å². The van der Waals surface area contributed by atoms with Crippen LogP contribution in [0.25, 0.3) is 5.69 Å². The van der Waals surface area contributed by atoms with E-state index in [1.807, 2.05) is 54.2 Å². The van der Waals surface area contributed by atoms with Gasteiger partial charge in [0, 0.05) is 30.7 Å². The van der Waals surface area contributed by atoms with Crippen LogP contribution in [0.4, 0.5) is 5.69 Å². The van der Waals surface area contributed by atoms with E-state index in [4.69, 9.17) is 14.5 Å². The number of aromatic nitrogens is 2. The Balaban J connectivity index is 0.00000300. The monoisotopic (exact) mass is 507 g/mol. The molecule has 0 saturated heterocycles. The highest BCUT2D eigenvalue weighted by atomic mass is 127. The first-order chi connectivity index (χ1) is 13.7. The lowest BCUT2D eigenvalue weighted by Gasteiger charge is -2.14. The second-order valence-electron chi connectivity index (χ2n) is 6.01. The van der Waals surface area contributed by atoms with Crippen molar-refractivity contribution in [1.29, 1.82) is 0 Å². The van der Waals surface area contributed by atoms with Crippen LogP contribution in [0.15, 0.2) is 65.9 Å². The van der Waals surface area contributed by atoms with Crippen molar-refractivity contribution < 1.29 is 9.47 Å². The van der Waals surface area contributed by atoms with E-state index in [0.29, 0.717) is 24.0 Å². The van der Waals surface area contributed by atoms with Crippen LogP contribution in [0.2, 0.25) is 0 Å². The van der Waals surface area contributed by atoms with E-state index in [-0.39, 0.29) is 24.0 Å². The summed E-state index contributed by atoms with van der Waals surface area (Å²) in [6.45, 7) is 3.33. The van der Waals surface area contributed by atoms with Crippen molar-refractivity contribution in [3.63, 3.8) is 0 Å². The molecule has 154 valence electrons. The lowest BCUT2D eigenvalue weighted by atomic mass is 10.2. The zero-order valence-corrected chi connectivity index (χ0v) is 19.1. The van der Waals surface area contributed by atoms with Crippen molar-refractivity contribution in [1.82, 2.24) is 15.1 Å². The van der Waals surface area contributed by atoms with Gasteiger partial charge in [-0.1, -0.05) is 12.1 Å². The molecule has 0 spiro atoms. The summed E-state index contributed by atoms with van der Waals surface area (Å²) in [6, 6.07) is 15.7. The van der Waals surface area contributed by atoms with Crippen LogP contribution in [-0.2, 0) is 6.54 Å². The van der Waals surface area contributed by atoms with Crippen molar-refractivity contribution in [2.75, 3.05) is 26.1 Å². The molecule has 29 heavy (non-hydrogen) atoms. The van der Waals surface area contributed by atoms with Gasteiger partial charge >= 0.3 is 0 Å². The Labute approximate surface area is 188 Å².